The van der Waals surface area contributed by atoms with Gasteiger partial charge in [-0.2, -0.15) is 0 Å². The first-order chi connectivity index (χ1) is 27.4. The number of methoxy groups -OCH3 is 2. The second kappa shape index (κ2) is 16.2. The molecular formula is C44H48FN5O6Si. The van der Waals surface area contributed by atoms with Gasteiger partial charge in [0.1, 0.15) is 35.6 Å². The quantitative estimate of drug-likeness (QED) is 0.0906. The molecule has 0 aliphatic carbocycles. The van der Waals surface area contributed by atoms with Gasteiger partial charge in [-0.05, 0) is 71.2 Å². The molecule has 3 heterocycles. The molecule has 1 fully saturated rings. The van der Waals surface area contributed by atoms with Crippen molar-refractivity contribution in [1.29, 1.82) is 0 Å². The van der Waals surface area contributed by atoms with E-state index in [0.29, 0.717) is 28.2 Å². The molecule has 1 amide bonds. The van der Waals surface area contributed by atoms with Crippen molar-refractivity contribution in [3.63, 3.8) is 0 Å². The largest absolute Gasteiger partial charge is 0.497 e. The van der Waals surface area contributed by atoms with Crippen LogP contribution in [0.1, 0.15) is 54.0 Å². The molecule has 2 aromatic heterocycles. The summed E-state index contributed by atoms with van der Waals surface area (Å²) >= 11 is 0. The lowest BCUT2D eigenvalue weighted by atomic mass is 9.80. The van der Waals surface area contributed by atoms with Crippen LogP contribution in [0.15, 0.2) is 122 Å². The molecule has 7 rings (SSSR count). The number of imidazole rings is 1. The zero-order chi connectivity index (χ0) is 40.4. The van der Waals surface area contributed by atoms with Crippen molar-refractivity contribution in [3.8, 4) is 11.5 Å². The number of alkyl halides is 1. The first-order valence-electron chi connectivity index (χ1n) is 18.9. The summed E-state index contributed by atoms with van der Waals surface area (Å²) in [6.07, 6.45) is -1.92. The van der Waals surface area contributed by atoms with Crippen LogP contribution in [-0.4, -0.2) is 72.9 Å². The maximum Gasteiger partial charge on any atom is 0.256 e. The second-order valence-electron chi connectivity index (χ2n) is 15.5. The number of halogens is 1. The monoisotopic (exact) mass is 789 g/mol. The van der Waals surface area contributed by atoms with E-state index in [9.17, 15) is 4.79 Å². The van der Waals surface area contributed by atoms with E-state index in [-0.39, 0.29) is 23.4 Å². The summed E-state index contributed by atoms with van der Waals surface area (Å²) in [5.41, 5.74) is 2.39. The normalized spacial score (nSPS) is 18.7. The molecule has 1 aliphatic heterocycles. The van der Waals surface area contributed by atoms with Crippen molar-refractivity contribution < 1.29 is 32.6 Å². The molecule has 0 radical (unpaired) electrons. The van der Waals surface area contributed by atoms with Gasteiger partial charge in [0.2, 0.25) is 0 Å². The van der Waals surface area contributed by atoms with Gasteiger partial charge in [-0.15, -0.1) is 0 Å². The highest BCUT2D eigenvalue weighted by atomic mass is 28.4. The number of nitrogens with zero attached hydrogens (tertiary/aromatic N) is 4. The summed E-state index contributed by atoms with van der Waals surface area (Å²) in [7, 11) is 0.680. The van der Waals surface area contributed by atoms with E-state index >= 15 is 4.39 Å². The maximum absolute atomic E-state index is 17.3. The predicted molar refractivity (Wildman–Crippen MR) is 219 cm³/mol. The third kappa shape index (κ3) is 7.80. The Morgan fingerprint density at radius 2 is 1.37 bits per heavy atom. The highest BCUT2D eigenvalue weighted by Gasteiger charge is 2.53. The minimum absolute atomic E-state index is 0.0524. The highest BCUT2D eigenvalue weighted by Crippen LogP contribution is 2.46. The Labute approximate surface area is 333 Å². The highest BCUT2D eigenvalue weighted by molar-refractivity contribution is 6.74. The summed E-state index contributed by atoms with van der Waals surface area (Å²) in [6, 6.07) is 34.2. The Balaban J connectivity index is 1.28. The number of hydrogen-bond donors (Lipinski definition) is 1. The SMILES string of the molecule is COc1ccc(C(OC[C@H]2O[C@@H](n3cnc4c(NC(=O)c5ccccc5)ncnc43)[C@H](F)[C@@H]2O[Si](C)(C)C(C)(C)C)(c2ccccc2)c2ccc(OC)cc2)cc1. The fourth-order valence-electron chi connectivity index (χ4n) is 6.89. The van der Waals surface area contributed by atoms with E-state index in [4.69, 9.17) is 23.4 Å². The molecule has 0 unspecified atom stereocenters. The summed E-state index contributed by atoms with van der Waals surface area (Å²) in [5.74, 6) is 1.22. The topological polar surface area (TPSA) is 119 Å². The third-order valence-electron chi connectivity index (χ3n) is 11.0. The molecule has 6 aromatic rings. The van der Waals surface area contributed by atoms with Gasteiger partial charge in [0, 0.05) is 5.56 Å². The number of anilines is 1. The Hall–Kier alpha value is -5.47. The maximum atomic E-state index is 17.3. The van der Waals surface area contributed by atoms with Crippen LogP contribution in [0.4, 0.5) is 10.2 Å². The second-order valence-corrected chi connectivity index (χ2v) is 20.3. The van der Waals surface area contributed by atoms with Crippen molar-refractivity contribution in [2.24, 2.45) is 0 Å². The predicted octanol–water partition coefficient (Wildman–Crippen LogP) is 8.73. The van der Waals surface area contributed by atoms with Crippen molar-refractivity contribution in [1.82, 2.24) is 19.5 Å². The van der Waals surface area contributed by atoms with Crippen LogP contribution in [0.2, 0.25) is 18.1 Å². The van der Waals surface area contributed by atoms with Crippen molar-refractivity contribution in [2.75, 3.05) is 26.1 Å². The number of nitrogens with one attached hydrogen (secondary N) is 1. The lowest BCUT2D eigenvalue weighted by molar-refractivity contribution is -0.0921. The van der Waals surface area contributed by atoms with E-state index in [1.165, 1.54) is 12.7 Å². The number of benzene rings is 4. The number of fused-ring (bicyclic) bond motifs is 1. The molecule has 11 nitrogen and oxygen atoms in total. The fourth-order valence-corrected chi connectivity index (χ4v) is 8.21. The van der Waals surface area contributed by atoms with Crippen LogP contribution < -0.4 is 14.8 Å². The van der Waals surface area contributed by atoms with Gasteiger partial charge in [0.25, 0.3) is 5.91 Å². The molecule has 4 aromatic carbocycles. The van der Waals surface area contributed by atoms with Crippen LogP contribution in [0.25, 0.3) is 11.2 Å². The van der Waals surface area contributed by atoms with E-state index < -0.39 is 38.5 Å². The first-order valence-corrected chi connectivity index (χ1v) is 21.8. The van der Waals surface area contributed by atoms with E-state index in [0.717, 1.165) is 16.7 Å². The molecule has 0 spiro atoms. The van der Waals surface area contributed by atoms with Crippen molar-refractivity contribution in [3.05, 3.63) is 144 Å². The fraction of sp³-hybridized carbons (Fsp3) is 0.318. The van der Waals surface area contributed by atoms with Gasteiger partial charge in [0.05, 0.1) is 27.2 Å². The number of rotatable bonds is 13. The van der Waals surface area contributed by atoms with Gasteiger partial charge in [-0.25, -0.2) is 19.3 Å². The van der Waals surface area contributed by atoms with E-state index in [2.05, 4.69) is 54.1 Å². The minimum atomic E-state index is -2.57. The van der Waals surface area contributed by atoms with Crippen LogP contribution in [0.5, 0.6) is 11.5 Å². The third-order valence-corrected chi connectivity index (χ3v) is 15.5. The molecule has 1 saturated heterocycles. The molecule has 0 bridgehead atoms. The number of hydrogen-bond acceptors (Lipinski definition) is 9. The van der Waals surface area contributed by atoms with Crippen LogP contribution in [0.3, 0.4) is 0 Å². The summed E-state index contributed by atoms with van der Waals surface area (Å²) in [6.45, 7) is 10.5. The number of carbonyl (C=O) groups excluding carboxylic acids is 1. The number of ether oxygens (including phenoxy) is 4. The zero-order valence-electron chi connectivity index (χ0n) is 33.2. The Bertz CT molecular complexity index is 2240. The van der Waals surface area contributed by atoms with Gasteiger partial charge in [-0.3, -0.25) is 9.36 Å². The molecule has 296 valence electrons. The molecule has 1 N–H and O–H groups in total. The summed E-state index contributed by atoms with van der Waals surface area (Å²) in [4.78, 5) is 26.4. The number of aromatic nitrogens is 4. The van der Waals surface area contributed by atoms with Gasteiger partial charge >= 0.3 is 0 Å². The minimum Gasteiger partial charge on any atom is -0.497 e. The van der Waals surface area contributed by atoms with Crippen molar-refractivity contribution >= 4 is 31.2 Å². The lowest BCUT2D eigenvalue weighted by Crippen LogP contribution is -2.49. The van der Waals surface area contributed by atoms with Gasteiger partial charge in [-0.1, -0.05) is 93.6 Å². The van der Waals surface area contributed by atoms with Gasteiger partial charge < -0.3 is 28.7 Å². The molecule has 13 heteroatoms. The first kappa shape index (κ1) is 39.8. The van der Waals surface area contributed by atoms with E-state index in [1.54, 1.807) is 43.1 Å². The average Bonchev–Trinajstić information content (AvgIpc) is 3.79. The molecule has 1 aliphatic rings. The zero-order valence-corrected chi connectivity index (χ0v) is 34.2. The number of carbonyl (C=O) groups is 1. The smallest absolute Gasteiger partial charge is 0.256 e. The lowest BCUT2D eigenvalue weighted by Gasteiger charge is -2.40. The Morgan fingerprint density at radius 1 is 0.807 bits per heavy atom. The Kier molecular flexibility index (Phi) is 11.3. The summed E-state index contributed by atoms with van der Waals surface area (Å²) < 4.78 is 50.7. The van der Waals surface area contributed by atoms with E-state index in [1.807, 2.05) is 84.9 Å². The molecule has 0 saturated carbocycles. The van der Waals surface area contributed by atoms with Crippen LogP contribution in [-0.2, 0) is 19.5 Å². The van der Waals surface area contributed by atoms with Gasteiger partial charge in [0.15, 0.2) is 37.7 Å². The van der Waals surface area contributed by atoms with Crippen LogP contribution >= 0.6 is 0 Å². The molecule has 4 atom stereocenters. The molecule has 57 heavy (non-hydrogen) atoms. The Morgan fingerprint density at radius 3 is 1.93 bits per heavy atom. The standard InChI is InChI=1S/C44H48FN5O6Si/c1-43(2,3)57(6,7)56-38-35(55-42(36(38)45)50-28-48-37-39(46-27-47-40(37)50)49-41(51)29-14-10-8-11-15-29)26-54-44(30-16-12-9-13-17-30,31-18-22-33(52-4)23-19-31)32-20-24-34(53-5)25-21-32/h8-25,27-28,35-36,38,42H,26H2,1-7H3,(H,46,47,49,51)/t35-,36-,38-,42-/m1/s1. The average molecular weight is 790 g/mol. The van der Waals surface area contributed by atoms with Crippen molar-refractivity contribution in [2.45, 2.75) is 69.1 Å². The number of amides is 1. The van der Waals surface area contributed by atoms with Crippen LogP contribution in [0, 0.1) is 0 Å². The molecular weight excluding hydrogens is 742 g/mol. The summed E-state index contributed by atoms with van der Waals surface area (Å²) in [5, 5.41) is 2.60.